The Morgan fingerprint density at radius 2 is 1.76 bits per heavy atom. The first-order chi connectivity index (χ1) is 13.5. The summed E-state index contributed by atoms with van der Waals surface area (Å²) in [7, 11) is 0. The van der Waals surface area contributed by atoms with Crippen LogP contribution in [-0.2, 0) is 6.42 Å². The number of rotatable bonds is 7. The van der Waals surface area contributed by atoms with Gasteiger partial charge in [0.15, 0.2) is 5.69 Å². The predicted octanol–water partition coefficient (Wildman–Crippen LogP) is -0.233. The molecule has 1 saturated heterocycles. The molecule has 0 amide bonds. The van der Waals surface area contributed by atoms with E-state index >= 15 is 0 Å². The number of nitrogens with zero attached hydrogens (tertiary/aromatic N) is 2. The summed E-state index contributed by atoms with van der Waals surface area (Å²) in [4.78, 5) is 17.5. The van der Waals surface area contributed by atoms with E-state index < -0.39 is 11.6 Å². The molecule has 2 aromatic rings. The maximum atomic E-state index is 10.9. The van der Waals surface area contributed by atoms with Crippen LogP contribution in [0.5, 0.6) is 0 Å². The van der Waals surface area contributed by atoms with Gasteiger partial charge in [-0.15, -0.1) is 11.8 Å². The molecule has 1 heterocycles. The van der Waals surface area contributed by atoms with Crippen LogP contribution in [0.2, 0.25) is 0 Å². The number of carbonyl (C=O) groups is 1. The Balaban J connectivity index is 0.00000300. The molecule has 1 aliphatic heterocycles. The maximum Gasteiger partial charge on any atom is 1.00 e. The minimum Gasteiger partial charge on any atom is -0.545 e. The molecule has 0 saturated carbocycles. The van der Waals surface area contributed by atoms with Gasteiger partial charge in [0.05, 0.1) is 18.1 Å². The number of carboxylic acids is 1. The molecule has 146 valence electrons. The first kappa shape index (κ1) is 23.9. The van der Waals surface area contributed by atoms with Crippen molar-refractivity contribution < 1.29 is 44.6 Å². The molecule has 0 atom stereocenters. The molecule has 1 N–H and O–H groups in total. The van der Waals surface area contributed by atoms with E-state index in [-0.39, 0.29) is 35.1 Å². The van der Waals surface area contributed by atoms with Crippen molar-refractivity contribution in [3.63, 3.8) is 0 Å². The average Bonchev–Trinajstić information content (AvgIpc) is 2.73. The van der Waals surface area contributed by atoms with Gasteiger partial charge in [-0.2, -0.15) is 0 Å². The van der Waals surface area contributed by atoms with E-state index in [0.717, 1.165) is 43.8 Å². The second-order valence-electron chi connectivity index (χ2n) is 7.19. The Labute approximate surface area is 198 Å². The maximum absolute atomic E-state index is 10.9. The smallest absolute Gasteiger partial charge is 0.545 e. The zero-order valence-electron chi connectivity index (χ0n) is 16.6. The molecule has 0 unspecified atom stereocenters. The molecule has 7 heteroatoms. The third-order valence-corrected chi connectivity index (χ3v) is 6.45. The summed E-state index contributed by atoms with van der Waals surface area (Å²) < 4.78 is 0. The third kappa shape index (κ3) is 7.14. The SMILES string of the molecule is [C-]#[N+]c1ccc(CCN2CCC(O)(CSc3ccc(C(=O)[O-])cc3)CC2)cc1.[Na+]. The molecule has 0 aliphatic carbocycles. The molecular formula is C22H23N2NaO3S. The Morgan fingerprint density at radius 3 is 2.31 bits per heavy atom. The van der Waals surface area contributed by atoms with Crippen LogP contribution in [0.1, 0.15) is 28.8 Å². The molecule has 1 aliphatic rings. The van der Waals surface area contributed by atoms with Crippen LogP contribution in [0.15, 0.2) is 53.4 Å². The van der Waals surface area contributed by atoms with E-state index in [2.05, 4.69) is 9.74 Å². The van der Waals surface area contributed by atoms with Crippen molar-refractivity contribution in [1.82, 2.24) is 4.90 Å². The van der Waals surface area contributed by atoms with E-state index in [9.17, 15) is 15.0 Å². The standard InChI is InChI=1S/C22H24N2O3S.Na/c1-23-19-6-2-17(3-7-19)10-13-24-14-11-22(27,12-15-24)16-28-20-8-4-18(5-9-20)21(25)26;/h2-9,27H,10-16H2,(H,25,26);/q;+1/p-1. The van der Waals surface area contributed by atoms with Gasteiger partial charge in [0.25, 0.3) is 0 Å². The van der Waals surface area contributed by atoms with Crippen molar-refractivity contribution in [2.45, 2.75) is 29.8 Å². The Bertz CT molecular complexity index is 842. The summed E-state index contributed by atoms with van der Waals surface area (Å²) >= 11 is 1.56. The van der Waals surface area contributed by atoms with Crippen LogP contribution in [0.25, 0.3) is 4.85 Å². The Kier molecular flexibility index (Phi) is 9.22. The molecule has 1 fully saturated rings. The zero-order valence-corrected chi connectivity index (χ0v) is 19.5. The number of aromatic carboxylic acids is 1. The number of carbonyl (C=O) groups excluding carboxylic acids is 1. The van der Waals surface area contributed by atoms with Crippen LogP contribution < -0.4 is 34.7 Å². The van der Waals surface area contributed by atoms with Gasteiger partial charge in [-0.05, 0) is 42.5 Å². The quantitative estimate of drug-likeness (QED) is 0.382. The third-order valence-electron chi connectivity index (χ3n) is 5.17. The number of likely N-dealkylation sites (tertiary alicyclic amines) is 1. The van der Waals surface area contributed by atoms with Crippen LogP contribution in [-0.4, -0.2) is 47.0 Å². The van der Waals surface area contributed by atoms with Gasteiger partial charge in [0, 0.05) is 30.3 Å². The molecule has 29 heavy (non-hydrogen) atoms. The second kappa shape index (κ2) is 11.2. The fraction of sp³-hybridized carbons (Fsp3) is 0.364. The molecule has 0 aromatic heterocycles. The average molecular weight is 418 g/mol. The van der Waals surface area contributed by atoms with Crippen LogP contribution in [0.4, 0.5) is 5.69 Å². The van der Waals surface area contributed by atoms with Crippen molar-refractivity contribution in [3.8, 4) is 0 Å². The molecule has 3 rings (SSSR count). The predicted molar refractivity (Wildman–Crippen MR) is 109 cm³/mol. The monoisotopic (exact) mass is 418 g/mol. The van der Waals surface area contributed by atoms with E-state index in [1.165, 1.54) is 17.7 Å². The molecule has 5 nitrogen and oxygen atoms in total. The number of thioether (sulfide) groups is 1. The number of benzene rings is 2. The van der Waals surface area contributed by atoms with Gasteiger partial charge < -0.3 is 19.9 Å². The van der Waals surface area contributed by atoms with Crippen molar-refractivity contribution in [2.24, 2.45) is 0 Å². The number of aliphatic hydroxyl groups is 1. The van der Waals surface area contributed by atoms with Crippen molar-refractivity contribution in [1.29, 1.82) is 0 Å². The number of piperidine rings is 1. The number of hydrogen-bond acceptors (Lipinski definition) is 5. The first-order valence-corrected chi connectivity index (χ1v) is 10.3. The van der Waals surface area contributed by atoms with Gasteiger partial charge in [-0.3, -0.25) is 0 Å². The zero-order chi connectivity index (χ0) is 20.0. The van der Waals surface area contributed by atoms with Gasteiger partial charge in [-0.25, -0.2) is 4.85 Å². The summed E-state index contributed by atoms with van der Waals surface area (Å²) in [6.07, 6.45) is 2.40. The topological polar surface area (TPSA) is 68.0 Å². The van der Waals surface area contributed by atoms with Crippen LogP contribution in [0.3, 0.4) is 0 Å². The molecule has 0 radical (unpaired) electrons. The van der Waals surface area contributed by atoms with E-state index in [4.69, 9.17) is 6.57 Å². The van der Waals surface area contributed by atoms with Crippen LogP contribution in [0, 0.1) is 6.57 Å². The fourth-order valence-corrected chi connectivity index (χ4v) is 4.32. The summed E-state index contributed by atoms with van der Waals surface area (Å²) in [6.45, 7) is 9.67. The number of hydrogen-bond donors (Lipinski definition) is 1. The molecule has 2 aromatic carbocycles. The molecule has 0 bridgehead atoms. The van der Waals surface area contributed by atoms with E-state index in [1.807, 2.05) is 24.3 Å². The van der Waals surface area contributed by atoms with Gasteiger partial charge in [-0.1, -0.05) is 36.4 Å². The minimum absolute atomic E-state index is 0. The molecule has 0 spiro atoms. The first-order valence-electron chi connectivity index (χ1n) is 9.33. The summed E-state index contributed by atoms with van der Waals surface area (Å²) in [5.74, 6) is -0.575. The number of carboxylic acid groups (broad SMARTS) is 1. The summed E-state index contributed by atoms with van der Waals surface area (Å²) in [5.41, 5.74) is 1.37. The summed E-state index contributed by atoms with van der Waals surface area (Å²) in [6, 6.07) is 14.3. The second-order valence-corrected chi connectivity index (χ2v) is 8.24. The van der Waals surface area contributed by atoms with Gasteiger partial charge >= 0.3 is 29.6 Å². The van der Waals surface area contributed by atoms with Crippen LogP contribution >= 0.6 is 11.8 Å². The van der Waals surface area contributed by atoms with E-state index in [0.29, 0.717) is 11.4 Å². The van der Waals surface area contributed by atoms with Gasteiger partial charge in [0.2, 0.25) is 0 Å². The van der Waals surface area contributed by atoms with Crippen molar-refractivity contribution in [2.75, 3.05) is 25.4 Å². The largest absolute Gasteiger partial charge is 1.00 e. The normalized spacial score (nSPS) is 15.9. The molecular weight excluding hydrogens is 395 g/mol. The minimum atomic E-state index is -1.18. The fourth-order valence-electron chi connectivity index (χ4n) is 3.27. The van der Waals surface area contributed by atoms with Crippen molar-refractivity contribution >= 4 is 23.4 Å². The summed E-state index contributed by atoms with van der Waals surface area (Å²) in [5, 5.41) is 21.7. The van der Waals surface area contributed by atoms with Gasteiger partial charge in [0.1, 0.15) is 0 Å². The Morgan fingerprint density at radius 1 is 1.14 bits per heavy atom. The van der Waals surface area contributed by atoms with Crippen molar-refractivity contribution in [3.05, 3.63) is 71.1 Å². The Hall–Kier alpha value is -1.33. The van der Waals surface area contributed by atoms with E-state index in [1.54, 1.807) is 23.9 Å².